The van der Waals surface area contributed by atoms with E-state index in [4.69, 9.17) is 28.4 Å². The molecule has 37 heavy (non-hydrogen) atoms. The number of ether oxygens (including phenoxy) is 6. The van der Waals surface area contributed by atoms with Crippen molar-refractivity contribution >= 4 is 40.3 Å². The molecule has 0 aromatic heterocycles. The first-order valence-electron chi connectivity index (χ1n) is 11.1. The molecular formula is C24H25NO12. The quantitative estimate of drug-likeness (QED) is 0.216. The van der Waals surface area contributed by atoms with Crippen LogP contribution in [0.1, 0.15) is 27.7 Å². The third-order valence-corrected chi connectivity index (χ3v) is 5.25. The maximum absolute atomic E-state index is 12.0. The van der Waals surface area contributed by atoms with Gasteiger partial charge in [0.05, 0.1) is 10.3 Å². The van der Waals surface area contributed by atoms with Crippen LogP contribution >= 0.6 is 0 Å². The number of hydrogen-bond donors (Lipinski definition) is 0. The molecule has 13 heteroatoms. The minimum atomic E-state index is -1.47. The van der Waals surface area contributed by atoms with Crippen LogP contribution in [-0.2, 0) is 42.9 Å². The van der Waals surface area contributed by atoms with Crippen molar-refractivity contribution in [2.45, 2.75) is 58.4 Å². The van der Waals surface area contributed by atoms with Crippen LogP contribution in [0, 0.1) is 10.1 Å². The highest BCUT2D eigenvalue weighted by molar-refractivity contribution is 5.95. The molecule has 5 atom stereocenters. The van der Waals surface area contributed by atoms with Gasteiger partial charge in [-0.05, 0) is 12.1 Å². The van der Waals surface area contributed by atoms with E-state index in [9.17, 15) is 29.3 Å². The standard InChI is InChI=1S/C24H25NO12/c1-12(26)32-11-20-21(33-13(2)27)22(34-14(3)28)23(35-15(4)29)24(37-20)36-19-10-9-18(25(30)31)16-7-5-6-8-17(16)19/h5-10,20-24H,11H2,1-4H3/t20-,21+,22+,23-,24-/m1/s1. The molecule has 0 unspecified atom stereocenters. The highest BCUT2D eigenvalue weighted by Gasteiger charge is 2.53. The summed E-state index contributed by atoms with van der Waals surface area (Å²) in [7, 11) is 0. The first-order chi connectivity index (χ1) is 17.5. The third kappa shape index (κ3) is 6.70. The van der Waals surface area contributed by atoms with E-state index in [0.717, 1.165) is 27.7 Å². The number of nitro groups is 1. The fourth-order valence-corrected chi connectivity index (χ4v) is 3.93. The van der Waals surface area contributed by atoms with Crippen LogP contribution < -0.4 is 4.74 Å². The van der Waals surface area contributed by atoms with Gasteiger partial charge in [-0.15, -0.1) is 0 Å². The van der Waals surface area contributed by atoms with Gasteiger partial charge in [-0.1, -0.05) is 18.2 Å². The molecule has 1 saturated heterocycles. The van der Waals surface area contributed by atoms with Gasteiger partial charge in [0.1, 0.15) is 18.5 Å². The Hall–Kier alpha value is -4.26. The lowest BCUT2D eigenvalue weighted by Crippen LogP contribution is -2.63. The molecule has 3 rings (SSSR count). The number of carbonyl (C=O) groups excluding carboxylic acids is 4. The van der Waals surface area contributed by atoms with Gasteiger partial charge in [-0.2, -0.15) is 0 Å². The van der Waals surface area contributed by atoms with E-state index >= 15 is 0 Å². The molecule has 0 bridgehead atoms. The molecule has 1 aliphatic heterocycles. The van der Waals surface area contributed by atoms with Crippen LogP contribution in [0.25, 0.3) is 10.8 Å². The molecule has 0 amide bonds. The summed E-state index contributed by atoms with van der Waals surface area (Å²) in [4.78, 5) is 58.2. The number of hydrogen-bond acceptors (Lipinski definition) is 12. The Labute approximate surface area is 210 Å². The maximum atomic E-state index is 12.0. The van der Waals surface area contributed by atoms with Gasteiger partial charge in [0.2, 0.25) is 12.4 Å². The average molecular weight is 519 g/mol. The number of non-ortho nitro benzene ring substituents is 1. The lowest BCUT2D eigenvalue weighted by Gasteiger charge is -2.44. The SMILES string of the molecule is CC(=O)OC[C@H]1O[C@@H](Oc2ccc([N+](=O)[O-])c3ccccc23)[C@H](OC(C)=O)[C@@H](OC(C)=O)[C@H]1OC(C)=O. The Bertz CT molecular complexity index is 1210. The lowest BCUT2D eigenvalue weighted by molar-refractivity contribution is -0.383. The van der Waals surface area contributed by atoms with Gasteiger partial charge >= 0.3 is 23.9 Å². The number of nitro benzene ring substituents is 1. The maximum Gasteiger partial charge on any atom is 0.303 e. The van der Waals surface area contributed by atoms with E-state index in [-0.39, 0.29) is 16.8 Å². The number of fused-ring (bicyclic) bond motifs is 1. The molecule has 0 N–H and O–H groups in total. The number of benzene rings is 2. The minimum Gasteiger partial charge on any atom is -0.463 e. The third-order valence-electron chi connectivity index (χ3n) is 5.25. The van der Waals surface area contributed by atoms with Crippen LogP contribution in [0.15, 0.2) is 36.4 Å². The minimum absolute atomic E-state index is 0.127. The number of rotatable bonds is 8. The van der Waals surface area contributed by atoms with Gasteiger partial charge in [0.15, 0.2) is 12.2 Å². The number of carbonyl (C=O) groups is 4. The Balaban J connectivity index is 2.08. The summed E-state index contributed by atoms with van der Waals surface area (Å²) < 4.78 is 33.1. The molecule has 2 aromatic rings. The van der Waals surface area contributed by atoms with Gasteiger partial charge in [0, 0.05) is 39.1 Å². The smallest absolute Gasteiger partial charge is 0.303 e. The highest BCUT2D eigenvalue weighted by atomic mass is 16.7. The van der Waals surface area contributed by atoms with Crippen molar-refractivity contribution in [2.24, 2.45) is 0 Å². The largest absolute Gasteiger partial charge is 0.463 e. The second-order valence-corrected chi connectivity index (χ2v) is 8.07. The van der Waals surface area contributed by atoms with Gasteiger partial charge in [-0.3, -0.25) is 29.3 Å². The van der Waals surface area contributed by atoms with E-state index in [1.807, 2.05) is 0 Å². The zero-order valence-corrected chi connectivity index (χ0v) is 20.4. The van der Waals surface area contributed by atoms with Gasteiger partial charge < -0.3 is 28.4 Å². The fourth-order valence-electron chi connectivity index (χ4n) is 3.93. The zero-order chi connectivity index (χ0) is 27.3. The first-order valence-corrected chi connectivity index (χ1v) is 11.1. The second-order valence-electron chi connectivity index (χ2n) is 8.07. The van der Waals surface area contributed by atoms with Crippen molar-refractivity contribution in [3.8, 4) is 5.75 Å². The van der Waals surface area contributed by atoms with Gasteiger partial charge in [0.25, 0.3) is 5.69 Å². The van der Waals surface area contributed by atoms with Crippen molar-refractivity contribution in [1.82, 2.24) is 0 Å². The highest BCUT2D eigenvalue weighted by Crippen LogP contribution is 2.36. The number of esters is 4. The molecule has 198 valence electrons. The van der Waals surface area contributed by atoms with Crippen molar-refractivity contribution < 1.29 is 52.5 Å². The summed E-state index contributed by atoms with van der Waals surface area (Å²) in [5, 5.41) is 12.1. The molecule has 0 spiro atoms. The predicted octanol–water partition coefficient (Wildman–Crippen LogP) is 2.21. The van der Waals surface area contributed by atoms with Crippen LogP contribution in [0.5, 0.6) is 5.75 Å². The molecule has 1 aliphatic rings. The summed E-state index contributed by atoms with van der Waals surface area (Å²) in [6.07, 6.45) is -6.84. The normalized spacial score (nSPS) is 23.0. The zero-order valence-electron chi connectivity index (χ0n) is 20.4. The van der Waals surface area contributed by atoms with Crippen molar-refractivity contribution in [1.29, 1.82) is 0 Å². The Morgan fingerprint density at radius 2 is 1.38 bits per heavy atom. The molecule has 1 fully saturated rings. The first kappa shape index (κ1) is 27.3. The van der Waals surface area contributed by atoms with E-state index < -0.39 is 66.1 Å². The summed E-state index contributed by atoms with van der Waals surface area (Å²) in [6, 6.07) is 8.97. The molecule has 1 heterocycles. The molecule has 2 aromatic carbocycles. The Morgan fingerprint density at radius 3 is 1.95 bits per heavy atom. The average Bonchev–Trinajstić information content (AvgIpc) is 2.80. The Morgan fingerprint density at radius 1 is 0.811 bits per heavy atom. The van der Waals surface area contributed by atoms with Crippen LogP contribution in [-0.4, -0.2) is 66.1 Å². The van der Waals surface area contributed by atoms with Crippen molar-refractivity contribution in [3.63, 3.8) is 0 Å². The summed E-state index contributed by atoms with van der Waals surface area (Å²) in [5.41, 5.74) is -0.163. The lowest BCUT2D eigenvalue weighted by atomic mass is 9.98. The molecule has 0 saturated carbocycles. The van der Waals surface area contributed by atoms with Crippen LogP contribution in [0.4, 0.5) is 5.69 Å². The van der Waals surface area contributed by atoms with Crippen LogP contribution in [0.3, 0.4) is 0 Å². The summed E-state index contributed by atoms with van der Waals surface area (Å²) in [5.74, 6) is -2.86. The second kappa shape index (κ2) is 11.6. The van der Waals surface area contributed by atoms with E-state index in [1.165, 1.54) is 18.2 Å². The van der Waals surface area contributed by atoms with E-state index in [0.29, 0.717) is 5.39 Å². The molecule has 13 nitrogen and oxygen atoms in total. The van der Waals surface area contributed by atoms with Crippen LogP contribution in [0.2, 0.25) is 0 Å². The molecule has 0 aliphatic carbocycles. The van der Waals surface area contributed by atoms with Crippen molar-refractivity contribution in [2.75, 3.05) is 6.61 Å². The molecular weight excluding hydrogens is 494 g/mol. The monoisotopic (exact) mass is 519 g/mol. The van der Waals surface area contributed by atoms with E-state index in [1.54, 1.807) is 18.2 Å². The Kier molecular flexibility index (Phi) is 8.60. The topological polar surface area (TPSA) is 167 Å². The predicted molar refractivity (Wildman–Crippen MR) is 123 cm³/mol. The fraction of sp³-hybridized carbons (Fsp3) is 0.417. The van der Waals surface area contributed by atoms with Crippen molar-refractivity contribution in [3.05, 3.63) is 46.5 Å². The number of nitrogens with zero attached hydrogens (tertiary/aromatic N) is 1. The van der Waals surface area contributed by atoms with Gasteiger partial charge in [-0.25, -0.2) is 0 Å². The van der Waals surface area contributed by atoms with E-state index in [2.05, 4.69) is 0 Å². The molecule has 0 radical (unpaired) electrons. The summed E-state index contributed by atoms with van der Waals surface area (Å²) in [6.45, 7) is 4.06. The summed E-state index contributed by atoms with van der Waals surface area (Å²) >= 11 is 0.